The number of hydrogen-bond donors (Lipinski definition) is 0. The molecule has 0 fully saturated rings. The Morgan fingerprint density at radius 3 is 2.25 bits per heavy atom. The molecule has 0 aliphatic rings. The van der Waals surface area contributed by atoms with Gasteiger partial charge in [-0.05, 0) is 24.6 Å². The summed E-state index contributed by atoms with van der Waals surface area (Å²) in [5.74, 6) is -1.77. The van der Waals surface area contributed by atoms with E-state index in [1.165, 1.54) is 20.3 Å². The number of hydrogen-bond acceptors (Lipinski definition) is 3. The maximum absolute atomic E-state index is 13.0. The molecule has 0 aliphatic carbocycles. The van der Waals surface area contributed by atoms with Crippen molar-refractivity contribution in [1.82, 2.24) is 0 Å². The molecule has 0 saturated heterocycles. The molecule has 0 bridgehead atoms. The number of halogens is 2. The summed E-state index contributed by atoms with van der Waals surface area (Å²) < 4.78 is 40.9. The smallest absolute Gasteiger partial charge is 0.375 e. The minimum Gasteiger partial charge on any atom is -0.375 e. The highest BCUT2D eigenvalue weighted by molar-refractivity contribution is 6.36. The van der Waals surface area contributed by atoms with Gasteiger partial charge in [-0.1, -0.05) is 6.07 Å². The first-order chi connectivity index (χ1) is 7.58. The molecule has 0 aromatic heterocycles. The molecule has 0 aliphatic heterocycles. The van der Waals surface area contributed by atoms with E-state index in [0.29, 0.717) is 5.56 Å². The highest BCUT2D eigenvalue weighted by Gasteiger charge is 2.20. The Bertz CT molecular complexity index is 345. The van der Waals surface area contributed by atoms with Crippen LogP contribution in [0.15, 0.2) is 18.2 Å². The van der Waals surface area contributed by atoms with E-state index in [1.54, 1.807) is 6.92 Å². The normalized spacial score (nSPS) is 13.1. The summed E-state index contributed by atoms with van der Waals surface area (Å²) in [6, 6.07) is 3.63. The summed E-state index contributed by atoms with van der Waals surface area (Å²) in [7, 11) is 1.13. The van der Waals surface area contributed by atoms with Crippen molar-refractivity contribution in [1.29, 1.82) is 0 Å². The lowest BCUT2D eigenvalue weighted by molar-refractivity contribution is 0.0949. The van der Waals surface area contributed by atoms with Gasteiger partial charge < -0.3 is 13.3 Å². The predicted molar refractivity (Wildman–Crippen MR) is 55.6 cm³/mol. The monoisotopic (exact) mass is 247 g/mol. The van der Waals surface area contributed by atoms with Crippen LogP contribution in [0, 0.1) is 11.6 Å². The Balaban J connectivity index is 2.72. The van der Waals surface area contributed by atoms with Crippen LogP contribution >= 0.6 is 0 Å². The van der Waals surface area contributed by atoms with E-state index in [4.69, 9.17) is 13.3 Å². The first-order valence-electron chi connectivity index (χ1n) is 4.65. The van der Waals surface area contributed by atoms with Gasteiger partial charge in [0, 0.05) is 14.2 Å². The van der Waals surface area contributed by atoms with Crippen molar-refractivity contribution < 1.29 is 22.1 Å². The summed E-state index contributed by atoms with van der Waals surface area (Å²) in [4.78, 5) is 0. The maximum Gasteiger partial charge on any atom is 0.577 e. The third-order valence-corrected chi connectivity index (χ3v) is 3.23. The number of benzene rings is 1. The van der Waals surface area contributed by atoms with Crippen molar-refractivity contribution in [2.75, 3.05) is 14.2 Å². The first-order valence-corrected chi connectivity index (χ1v) is 5.87. The third kappa shape index (κ3) is 3.34. The molecule has 1 rings (SSSR count). The molecule has 16 heavy (non-hydrogen) atoms. The average Bonchev–Trinajstić information content (AvgIpc) is 2.29. The van der Waals surface area contributed by atoms with Gasteiger partial charge in [0.15, 0.2) is 11.6 Å². The predicted octanol–water partition coefficient (Wildman–Crippen LogP) is 2.32. The summed E-state index contributed by atoms with van der Waals surface area (Å²) in [5.41, 5.74) is 0.538. The van der Waals surface area contributed by atoms with Crippen LogP contribution in [0.4, 0.5) is 8.78 Å². The van der Waals surface area contributed by atoms with Gasteiger partial charge in [0.05, 0.1) is 6.10 Å². The lowest BCUT2D eigenvalue weighted by atomic mass is 10.1. The Kier molecular flexibility index (Phi) is 5.00. The largest absolute Gasteiger partial charge is 0.577 e. The molecule has 1 radical (unpaired) electrons. The van der Waals surface area contributed by atoms with Crippen molar-refractivity contribution >= 4 is 9.53 Å². The Labute approximate surface area is 94.9 Å². The van der Waals surface area contributed by atoms with Gasteiger partial charge in [-0.25, -0.2) is 8.78 Å². The zero-order valence-electron chi connectivity index (χ0n) is 9.29. The molecule has 1 aromatic rings. The molecule has 1 atom stereocenters. The molecule has 0 heterocycles. The van der Waals surface area contributed by atoms with Gasteiger partial charge in [-0.3, -0.25) is 0 Å². The molecule has 6 heteroatoms. The Morgan fingerprint density at radius 2 is 1.75 bits per heavy atom. The SMILES string of the molecule is CO[Si](OC)OC(C)c1ccc(F)c(F)c1. The molecular weight excluding hydrogens is 234 g/mol. The Hall–Kier alpha value is -0.823. The second kappa shape index (κ2) is 6.05. The van der Waals surface area contributed by atoms with Crippen LogP contribution in [-0.4, -0.2) is 23.7 Å². The molecular formula is C10H13F2O3Si. The zero-order valence-corrected chi connectivity index (χ0v) is 10.3. The summed E-state index contributed by atoms with van der Waals surface area (Å²) >= 11 is 0. The van der Waals surface area contributed by atoms with E-state index >= 15 is 0 Å². The Morgan fingerprint density at radius 1 is 1.12 bits per heavy atom. The zero-order chi connectivity index (χ0) is 12.1. The van der Waals surface area contributed by atoms with Crippen molar-refractivity contribution in [3.63, 3.8) is 0 Å². The molecule has 0 amide bonds. The minimum absolute atomic E-state index is 0.413. The number of rotatable bonds is 5. The molecule has 1 unspecified atom stereocenters. The van der Waals surface area contributed by atoms with E-state index < -0.39 is 27.3 Å². The van der Waals surface area contributed by atoms with Crippen molar-refractivity contribution in [3.8, 4) is 0 Å². The van der Waals surface area contributed by atoms with Gasteiger partial charge in [-0.15, -0.1) is 0 Å². The molecule has 89 valence electrons. The van der Waals surface area contributed by atoms with Gasteiger partial charge in [-0.2, -0.15) is 0 Å². The molecule has 3 nitrogen and oxygen atoms in total. The molecule has 0 N–H and O–H groups in total. The van der Waals surface area contributed by atoms with E-state index in [9.17, 15) is 8.78 Å². The van der Waals surface area contributed by atoms with E-state index in [0.717, 1.165) is 12.1 Å². The molecule has 0 saturated carbocycles. The molecule has 0 spiro atoms. The fraction of sp³-hybridized carbons (Fsp3) is 0.400. The summed E-state index contributed by atoms with van der Waals surface area (Å²) in [6.45, 7) is 1.72. The highest BCUT2D eigenvalue weighted by Crippen LogP contribution is 2.20. The average molecular weight is 247 g/mol. The minimum atomic E-state index is -1.81. The summed E-state index contributed by atoms with van der Waals surface area (Å²) in [5, 5.41) is 0. The standard InChI is InChI=1S/C10H13F2O3Si/c1-7(15-16(13-2)14-3)8-4-5-9(11)10(12)6-8/h4-7H,1-3H3. The molecule has 1 aromatic carbocycles. The first kappa shape index (κ1) is 13.2. The van der Waals surface area contributed by atoms with E-state index in [-0.39, 0.29) is 0 Å². The lowest BCUT2D eigenvalue weighted by Gasteiger charge is -2.16. The van der Waals surface area contributed by atoms with Crippen LogP contribution in [0.5, 0.6) is 0 Å². The van der Waals surface area contributed by atoms with Crippen LogP contribution in [0.25, 0.3) is 0 Å². The van der Waals surface area contributed by atoms with Crippen LogP contribution in [0.3, 0.4) is 0 Å². The van der Waals surface area contributed by atoms with Gasteiger partial charge in [0.25, 0.3) is 0 Å². The maximum atomic E-state index is 13.0. The van der Waals surface area contributed by atoms with Gasteiger partial charge in [0.2, 0.25) is 0 Å². The second-order valence-corrected chi connectivity index (χ2v) is 4.64. The van der Waals surface area contributed by atoms with Crippen molar-refractivity contribution in [2.24, 2.45) is 0 Å². The van der Waals surface area contributed by atoms with Crippen molar-refractivity contribution in [2.45, 2.75) is 13.0 Å². The lowest BCUT2D eigenvalue weighted by Crippen LogP contribution is -2.25. The third-order valence-electron chi connectivity index (χ3n) is 2.02. The van der Waals surface area contributed by atoms with E-state index in [2.05, 4.69) is 0 Å². The van der Waals surface area contributed by atoms with Crippen molar-refractivity contribution in [3.05, 3.63) is 35.4 Å². The fourth-order valence-corrected chi connectivity index (χ4v) is 1.94. The van der Waals surface area contributed by atoms with Crippen LogP contribution < -0.4 is 0 Å². The highest BCUT2D eigenvalue weighted by atomic mass is 28.3. The van der Waals surface area contributed by atoms with Crippen LogP contribution in [0.2, 0.25) is 0 Å². The summed E-state index contributed by atoms with van der Waals surface area (Å²) in [6.07, 6.45) is -0.413. The van der Waals surface area contributed by atoms with E-state index in [1.807, 2.05) is 0 Å². The van der Waals surface area contributed by atoms with Gasteiger partial charge >= 0.3 is 9.53 Å². The quantitative estimate of drug-likeness (QED) is 0.747. The van der Waals surface area contributed by atoms with Crippen LogP contribution in [0.1, 0.15) is 18.6 Å². The fourth-order valence-electron chi connectivity index (χ4n) is 1.16. The van der Waals surface area contributed by atoms with Crippen LogP contribution in [-0.2, 0) is 13.3 Å². The topological polar surface area (TPSA) is 27.7 Å². The van der Waals surface area contributed by atoms with Gasteiger partial charge in [0.1, 0.15) is 0 Å². The second-order valence-electron chi connectivity index (χ2n) is 3.09.